The van der Waals surface area contributed by atoms with Crippen LogP contribution in [0, 0.1) is 11.3 Å². The fourth-order valence-corrected chi connectivity index (χ4v) is 2.91. The SMILES string of the molecule is OCC1(CNCC(O)COCC2CC2)CCCCC1. The van der Waals surface area contributed by atoms with Gasteiger partial charge >= 0.3 is 0 Å². The molecule has 3 N–H and O–H groups in total. The molecule has 19 heavy (non-hydrogen) atoms. The minimum atomic E-state index is -0.432. The predicted octanol–water partition coefficient (Wildman–Crippen LogP) is 1.31. The van der Waals surface area contributed by atoms with E-state index >= 15 is 0 Å². The molecule has 1 unspecified atom stereocenters. The highest BCUT2D eigenvalue weighted by atomic mass is 16.5. The molecule has 112 valence electrons. The van der Waals surface area contributed by atoms with E-state index in [9.17, 15) is 10.2 Å². The molecule has 4 nitrogen and oxygen atoms in total. The molecule has 0 aromatic rings. The first kappa shape index (κ1) is 15.2. The number of hydrogen-bond donors (Lipinski definition) is 3. The Morgan fingerprint density at radius 1 is 1.21 bits per heavy atom. The van der Waals surface area contributed by atoms with Crippen molar-refractivity contribution in [3.05, 3.63) is 0 Å². The normalized spacial score (nSPS) is 24.3. The molecular weight excluding hydrogens is 242 g/mol. The van der Waals surface area contributed by atoms with Gasteiger partial charge in [-0.25, -0.2) is 0 Å². The van der Waals surface area contributed by atoms with Crippen LogP contribution in [0.5, 0.6) is 0 Å². The molecule has 0 bridgehead atoms. The molecule has 0 heterocycles. The van der Waals surface area contributed by atoms with Crippen molar-refractivity contribution in [1.29, 1.82) is 0 Å². The topological polar surface area (TPSA) is 61.7 Å². The van der Waals surface area contributed by atoms with Gasteiger partial charge in [-0.3, -0.25) is 0 Å². The third-order valence-electron chi connectivity index (χ3n) is 4.49. The Labute approximate surface area is 116 Å². The van der Waals surface area contributed by atoms with Crippen LogP contribution in [0.3, 0.4) is 0 Å². The van der Waals surface area contributed by atoms with Crippen molar-refractivity contribution in [2.75, 3.05) is 32.9 Å². The van der Waals surface area contributed by atoms with Gasteiger partial charge in [-0.05, 0) is 31.6 Å². The van der Waals surface area contributed by atoms with Crippen molar-refractivity contribution < 1.29 is 14.9 Å². The number of rotatable bonds is 9. The van der Waals surface area contributed by atoms with Crippen LogP contribution in [-0.4, -0.2) is 49.2 Å². The van der Waals surface area contributed by atoms with Crippen molar-refractivity contribution in [2.24, 2.45) is 11.3 Å². The van der Waals surface area contributed by atoms with Gasteiger partial charge in [-0.1, -0.05) is 19.3 Å². The van der Waals surface area contributed by atoms with Crippen LogP contribution in [0.2, 0.25) is 0 Å². The summed E-state index contributed by atoms with van der Waals surface area (Å²) in [5, 5.41) is 22.7. The molecule has 0 spiro atoms. The summed E-state index contributed by atoms with van der Waals surface area (Å²) < 4.78 is 5.47. The number of aliphatic hydroxyl groups is 2. The molecule has 2 fully saturated rings. The minimum Gasteiger partial charge on any atom is -0.396 e. The minimum absolute atomic E-state index is 0.0485. The first-order valence-corrected chi connectivity index (χ1v) is 7.81. The Morgan fingerprint density at radius 2 is 1.95 bits per heavy atom. The van der Waals surface area contributed by atoms with Gasteiger partial charge in [0.1, 0.15) is 0 Å². The van der Waals surface area contributed by atoms with E-state index < -0.39 is 6.10 Å². The second kappa shape index (κ2) is 7.58. The van der Waals surface area contributed by atoms with Crippen molar-refractivity contribution in [2.45, 2.75) is 51.0 Å². The molecule has 2 saturated carbocycles. The fraction of sp³-hybridized carbons (Fsp3) is 1.00. The molecule has 2 aliphatic rings. The second-order valence-electron chi connectivity index (χ2n) is 6.48. The highest BCUT2D eigenvalue weighted by Gasteiger charge is 2.31. The van der Waals surface area contributed by atoms with Gasteiger partial charge in [0.05, 0.1) is 12.7 Å². The van der Waals surface area contributed by atoms with Crippen molar-refractivity contribution >= 4 is 0 Å². The van der Waals surface area contributed by atoms with E-state index in [4.69, 9.17) is 4.74 Å². The van der Waals surface area contributed by atoms with E-state index in [0.29, 0.717) is 13.2 Å². The zero-order valence-corrected chi connectivity index (χ0v) is 11.9. The quantitative estimate of drug-likeness (QED) is 0.592. The molecule has 1 atom stereocenters. The van der Waals surface area contributed by atoms with Gasteiger partial charge in [0.2, 0.25) is 0 Å². The van der Waals surface area contributed by atoms with Crippen LogP contribution >= 0.6 is 0 Å². The van der Waals surface area contributed by atoms with Crippen LogP contribution in [0.4, 0.5) is 0 Å². The summed E-state index contributed by atoms with van der Waals surface area (Å²) in [6, 6.07) is 0. The average Bonchev–Trinajstić information content (AvgIpc) is 3.24. The highest BCUT2D eigenvalue weighted by Crippen LogP contribution is 2.35. The second-order valence-corrected chi connectivity index (χ2v) is 6.48. The molecule has 4 heteroatoms. The van der Waals surface area contributed by atoms with E-state index in [1.54, 1.807) is 0 Å². The van der Waals surface area contributed by atoms with Gasteiger partial charge < -0.3 is 20.3 Å². The molecule has 0 aliphatic heterocycles. The lowest BCUT2D eigenvalue weighted by Crippen LogP contribution is -2.42. The number of ether oxygens (including phenoxy) is 1. The predicted molar refractivity (Wildman–Crippen MR) is 75.0 cm³/mol. The monoisotopic (exact) mass is 271 g/mol. The number of hydrogen-bond acceptors (Lipinski definition) is 4. The third kappa shape index (κ3) is 5.38. The summed E-state index contributed by atoms with van der Waals surface area (Å²) in [6.07, 6.45) is 8.07. The first-order valence-electron chi connectivity index (χ1n) is 7.81. The maximum Gasteiger partial charge on any atom is 0.0897 e. The Kier molecular flexibility index (Phi) is 6.07. The lowest BCUT2D eigenvalue weighted by Gasteiger charge is -2.36. The summed E-state index contributed by atoms with van der Waals surface area (Å²) in [7, 11) is 0. The summed E-state index contributed by atoms with van der Waals surface area (Å²) in [5.41, 5.74) is 0.0485. The van der Waals surface area contributed by atoms with Crippen molar-refractivity contribution in [1.82, 2.24) is 5.32 Å². The first-order chi connectivity index (χ1) is 9.24. The fourth-order valence-electron chi connectivity index (χ4n) is 2.91. The highest BCUT2D eigenvalue weighted by molar-refractivity contribution is 4.84. The summed E-state index contributed by atoms with van der Waals surface area (Å²) in [4.78, 5) is 0. The van der Waals surface area contributed by atoms with Crippen molar-refractivity contribution in [3.8, 4) is 0 Å². The maximum absolute atomic E-state index is 9.82. The number of nitrogens with one attached hydrogen (secondary N) is 1. The van der Waals surface area contributed by atoms with E-state index in [1.165, 1.54) is 32.1 Å². The Hall–Kier alpha value is -0.160. The lowest BCUT2D eigenvalue weighted by molar-refractivity contribution is 0.0271. The Morgan fingerprint density at radius 3 is 2.58 bits per heavy atom. The van der Waals surface area contributed by atoms with Gasteiger partial charge in [0.15, 0.2) is 0 Å². The lowest BCUT2D eigenvalue weighted by atomic mass is 9.74. The Bertz CT molecular complexity index is 250. The van der Waals surface area contributed by atoms with Crippen molar-refractivity contribution in [3.63, 3.8) is 0 Å². The molecule has 0 radical (unpaired) electrons. The zero-order valence-electron chi connectivity index (χ0n) is 11.9. The summed E-state index contributed by atoms with van der Waals surface area (Å²) in [5.74, 6) is 0.750. The zero-order chi connectivity index (χ0) is 13.6. The van der Waals surface area contributed by atoms with Crippen LogP contribution < -0.4 is 5.32 Å². The van der Waals surface area contributed by atoms with Crippen LogP contribution in [-0.2, 0) is 4.74 Å². The van der Waals surface area contributed by atoms with E-state index in [2.05, 4.69) is 5.32 Å². The van der Waals surface area contributed by atoms with Crippen LogP contribution in [0.25, 0.3) is 0 Å². The van der Waals surface area contributed by atoms with Crippen LogP contribution in [0.1, 0.15) is 44.9 Å². The molecule has 2 rings (SSSR count). The molecule has 0 saturated heterocycles. The van der Waals surface area contributed by atoms with Gasteiger partial charge in [0, 0.05) is 31.7 Å². The number of aliphatic hydroxyl groups excluding tert-OH is 2. The van der Waals surface area contributed by atoms with E-state index in [-0.39, 0.29) is 12.0 Å². The average molecular weight is 271 g/mol. The van der Waals surface area contributed by atoms with Crippen LogP contribution in [0.15, 0.2) is 0 Å². The van der Waals surface area contributed by atoms with E-state index in [0.717, 1.165) is 31.9 Å². The third-order valence-corrected chi connectivity index (χ3v) is 4.49. The Balaban J connectivity index is 1.55. The smallest absolute Gasteiger partial charge is 0.0897 e. The molecule has 0 aromatic heterocycles. The molecule has 0 aromatic carbocycles. The molecule has 0 amide bonds. The largest absolute Gasteiger partial charge is 0.396 e. The summed E-state index contributed by atoms with van der Waals surface area (Å²) >= 11 is 0. The van der Waals surface area contributed by atoms with Gasteiger partial charge in [-0.2, -0.15) is 0 Å². The molecule has 2 aliphatic carbocycles. The molecular formula is C15H29NO3. The van der Waals surface area contributed by atoms with Gasteiger partial charge in [-0.15, -0.1) is 0 Å². The standard InChI is InChI=1S/C15H29NO3/c17-12-15(6-2-1-3-7-15)11-16-8-14(18)10-19-9-13-4-5-13/h13-14,16-18H,1-12H2. The maximum atomic E-state index is 9.82. The van der Waals surface area contributed by atoms with Gasteiger partial charge in [0.25, 0.3) is 0 Å². The summed E-state index contributed by atoms with van der Waals surface area (Å²) in [6.45, 7) is 2.86. The van der Waals surface area contributed by atoms with E-state index in [1.807, 2.05) is 0 Å².